The molecule has 0 bridgehead atoms. The van der Waals surface area contributed by atoms with E-state index in [1.807, 2.05) is 63.2 Å². The topological polar surface area (TPSA) is 60.2 Å². The molecular weight excluding hydrogens is 408 g/mol. The summed E-state index contributed by atoms with van der Waals surface area (Å²) in [6.07, 6.45) is 3.10. The van der Waals surface area contributed by atoms with Gasteiger partial charge in [0.25, 0.3) is 0 Å². The van der Waals surface area contributed by atoms with Crippen LogP contribution in [0.2, 0.25) is 5.02 Å². The van der Waals surface area contributed by atoms with Gasteiger partial charge in [-0.1, -0.05) is 35.5 Å². The summed E-state index contributed by atoms with van der Waals surface area (Å²) in [5, 5.41) is 6.19. The number of aromatic nitrogens is 3. The first-order chi connectivity index (χ1) is 13.7. The molecule has 0 aliphatic rings. The van der Waals surface area contributed by atoms with Gasteiger partial charge in [0.05, 0.1) is 22.9 Å². The second-order valence-corrected chi connectivity index (χ2v) is 8.96. The Morgan fingerprint density at radius 2 is 1.90 bits per heavy atom. The van der Waals surface area contributed by atoms with Gasteiger partial charge < -0.3 is 9.64 Å². The van der Waals surface area contributed by atoms with Crippen molar-refractivity contribution in [2.75, 3.05) is 7.05 Å². The summed E-state index contributed by atoms with van der Waals surface area (Å²) in [6.45, 7) is 5.84. The monoisotopic (exact) mass is 430 g/mol. The molecule has 2 aromatic heterocycles. The predicted octanol–water partition coefficient (Wildman–Crippen LogP) is 5.44. The molecule has 0 atom stereocenters. The number of hydrogen-bond acceptors (Lipinski definition) is 5. The molecule has 3 rings (SSSR count). The third-order valence-electron chi connectivity index (χ3n) is 3.78. The molecule has 1 amide bonds. The lowest BCUT2D eigenvalue weighted by Crippen LogP contribution is -2.33. The summed E-state index contributed by atoms with van der Waals surface area (Å²) in [5.41, 5.74) is 0.955. The second kappa shape index (κ2) is 8.88. The number of carbonyl (C=O) groups is 1. The Balaban J connectivity index is 1.90. The fraction of sp³-hybridized carbons (Fsp3) is 0.286. The van der Waals surface area contributed by atoms with E-state index in [0.29, 0.717) is 11.6 Å². The third-order valence-corrected chi connectivity index (χ3v) is 5.11. The highest BCUT2D eigenvalue weighted by Crippen LogP contribution is 2.32. The van der Waals surface area contributed by atoms with Crippen molar-refractivity contribution < 1.29 is 9.53 Å². The smallest absolute Gasteiger partial charge is 0.410 e. The van der Waals surface area contributed by atoms with E-state index >= 15 is 0 Å². The molecule has 2 heterocycles. The molecule has 0 fully saturated rings. The Morgan fingerprint density at radius 3 is 2.55 bits per heavy atom. The van der Waals surface area contributed by atoms with Crippen LogP contribution in [-0.4, -0.2) is 38.4 Å². The molecule has 0 spiro atoms. The van der Waals surface area contributed by atoms with E-state index in [-0.39, 0.29) is 0 Å². The average Bonchev–Trinajstić information content (AvgIpc) is 3.03. The van der Waals surface area contributed by atoms with Crippen LogP contribution in [0, 0.1) is 0 Å². The quantitative estimate of drug-likeness (QED) is 0.539. The molecule has 0 radical (unpaired) electrons. The van der Waals surface area contributed by atoms with Crippen molar-refractivity contribution in [3.63, 3.8) is 0 Å². The minimum atomic E-state index is -0.551. The summed E-state index contributed by atoms with van der Waals surface area (Å²) in [6, 6.07) is 13.3. The summed E-state index contributed by atoms with van der Waals surface area (Å²) >= 11 is 7.96. The van der Waals surface area contributed by atoms with Crippen molar-refractivity contribution in [3.05, 3.63) is 65.6 Å². The fourth-order valence-electron chi connectivity index (χ4n) is 2.53. The zero-order valence-corrected chi connectivity index (χ0v) is 18.4. The summed E-state index contributed by atoms with van der Waals surface area (Å²) in [7, 11) is 1.69. The molecule has 0 unspecified atom stereocenters. The molecule has 0 saturated carbocycles. The normalized spacial score (nSPS) is 11.3. The van der Waals surface area contributed by atoms with E-state index in [2.05, 4.69) is 4.98 Å². The van der Waals surface area contributed by atoms with Gasteiger partial charge in [0, 0.05) is 24.3 Å². The molecule has 8 heteroatoms. The highest BCUT2D eigenvalue weighted by molar-refractivity contribution is 7.99. The van der Waals surface area contributed by atoms with Gasteiger partial charge in [-0.2, -0.15) is 5.10 Å². The Labute approximate surface area is 179 Å². The number of para-hydroxylation sites is 1. The Kier molecular flexibility index (Phi) is 6.49. The first-order valence-corrected chi connectivity index (χ1v) is 10.3. The predicted molar refractivity (Wildman–Crippen MR) is 115 cm³/mol. The Morgan fingerprint density at radius 1 is 1.21 bits per heavy atom. The Bertz CT molecular complexity index is 986. The van der Waals surface area contributed by atoms with Gasteiger partial charge in [-0.15, -0.1) is 0 Å². The van der Waals surface area contributed by atoms with E-state index in [1.54, 1.807) is 35.9 Å². The molecule has 0 aliphatic carbocycles. The van der Waals surface area contributed by atoms with Crippen LogP contribution in [0.3, 0.4) is 0 Å². The first-order valence-electron chi connectivity index (χ1n) is 9.09. The van der Waals surface area contributed by atoms with Crippen LogP contribution >= 0.6 is 23.4 Å². The van der Waals surface area contributed by atoms with Crippen LogP contribution in [0.4, 0.5) is 4.79 Å². The van der Waals surface area contributed by atoms with Gasteiger partial charge in [-0.25, -0.2) is 9.48 Å². The number of rotatable bonds is 5. The zero-order chi connectivity index (χ0) is 21.0. The lowest BCUT2D eigenvalue weighted by molar-refractivity contribution is 0.0283. The number of carbonyl (C=O) groups excluding carboxylic acids is 1. The van der Waals surface area contributed by atoms with Crippen LogP contribution in [0.25, 0.3) is 5.69 Å². The van der Waals surface area contributed by atoms with Gasteiger partial charge in [0.15, 0.2) is 0 Å². The minimum Gasteiger partial charge on any atom is -0.444 e. The molecule has 0 saturated heterocycles. The Hall–Kier alpha value is -2.51. The number of amides is 1. The van der Waals surface area contributed by atoms with E-state index in [0.717, 1.165) is 21.3 Å². The van der Waals surface area contributed by atoms with E-state index in [9.17, 15) is 4.79 Å². The molecular formula is C21H23ClN4O2S. The van der Waals surface area contributed by atoms with Crippen molar-refractivity contribution in [2.24, 2.45) is 0 Å². The number of hydrogen-bond donors (Lipinski definition) is 0. The highest BCUT2D eigenvalue weighted by atomic mass is 35.5. The van der Waals surface area contributed by atoms with Crippen molar-refractivity contribution in [2.45, 2.75) is 42.8 Å². The molecule has 0 aliphatic heterocycles. The van der Waals surface area contributed by atoms with Crippen molar-refractivity contribution >= 4 is 29.5 Å². The van der Waals surface area contributed by atoms with Crippen molar-refractivity contribution in [1.29, 1.82) is 0 Å². The maximum absolute atomic E-state index is 12.3. The molecule has 29 heavy (non-hydrogen) atoms. The van der Waals surface area contributed by atoms with Crippen LogP contribution in [-0.2, 0) is 11.3 Å². The van der Waals surface area contributed by atoms with Crippen LogP contribution in [0.1, 0.15) is 26.5 Å². The maximum atomic E-state index is 12.3. The second-order valence-electron chi connectivity index (χ2n) is 7.46. The molecule has 3 aromatic rings. The number of pyridine rings is 1. The van der Waals surface area contributed by atoms with Gasteiger partial charge in [0.2, 0.25) is 0 Å². The zero-order valence-electron chi connectivity index (χ0n) is 16.8. The number of benzene rings is 1. The minimum absolute atomic E-state index is 0.316. The summed E-state index contributed by atoms with van der Waals surface area (Å²) < 4.78 is 7.22. The first kappa shape index (κ1) is 21.2. The number of ether oxygens (including phenoxy) is 1. The van der Waals surface area contributed by atoms with Crippen molar-refractivity contribution in [3.8, 4) is 5.69 Å². The van der Waals surface area contributed by atoms with Crippen molar-refractivity contribution in [1.82, 2.24) is 19.7 Å². The standard InChI is InChI=1S/C21H23ClN4O2S/c1-21(2,3)28-20(27)25(4)14-15-13-19(29-16-9-11-23-12-10-16)26(24-15)18-8-6-5-7-17(18)22/h5-13H,14H2,1-4H3. The molecule has 0 N–H and O–H groups in total. The van der Waals surface area contributed by atoms with E-state index < -0.39 is 11.7 Å². The summed E-state index contributed by atoms with van der Waals surface area (Å²) in [4.78, 5) is 18.9. The van der Waals surface area contributed by atoms with E-state index in [4.69, 9.17) is 21.4 Å². The van der Waals surface area contributed by atoms with Crippen LogP contribution < -0.4 is 0 Å². The molecule has 6 nitrogen and oxygen atoms in total. The highest BCUT2D eigenvalue weighted by Gasteiger charge is 2.21. The van der Waals surface area contributed by atoms with Gasteiger partial charge in [-0.3, -0.25) is 4.98 Å². The van der Waals surface area contributed by atoms with Gasteiger partial charge >= 0.3 is 6.09 Å². The lowest BCUT2D eigenvalue weighted by Gasteiger charge is -2.24. The lowest BCUT2D eigenvalue weighted by atomic mass is 10.2. The number of halogens is 1. The molecule has 1 aromatic carbocycles. The average molecular weight is 431 g/mol. The third kappa shape index (κ3) is 5.74. The fourth-order valence-corrected chi connectivity index (χ4v) is 3.67. The molecule has 152 valence electrons. The summed E-state index contributed by atoms with van der Waals surface area (Å²) in [5.74, 6) is 0. The van der Waals surface area contributed by atoms with E-state index in [1.165, 1.54) is 4.90 Å². The largest absolute Gasteiger partial charge is 0.444 e. The maximum Gasteiger partial charge on any atom is 0.410 e. The van der Waals surface area contributed by atoms with Gasteiger partial charge in [-0.05, 0) is 51.1 Å². The van der Waals surface area contributed by atoms with Crippen LogP contribution in [0.15, 0.2) is 64.8 Å². The van der Waals surface area contributed by atoms with Gasteiger partial charge in [0.1, 0.15) is 10.6 Å². The SMILES string of the molecule is CN(Cc1cc(Sc2ccncc2)n(-c2ccccc2Cl)n1)C(=O)OC(C)(C)C. The number of nitrogens with zero attached hydrogens (tertiary/aromatic N) is 4. The van der Waals surface area contributed by atoms with Crippen LogP contribution in [0.5, 0.6) is 0 Å².